The summed E-state index contributed by atoms with van der Waals surface area (Å²) in [4.78, 5) is 10.3. The summed E-state index contributed by atoms with van der Waals surface area (Å²) in [6.07, 6.45) is 1.55. The molecular weight excluding hydrogens is 526 g/mol. The maximum Gasteiger partial charge on any atom is 0.137 e. The van der Waals surface area contributed by atoms with E-state index >= 15 is 0 Å². The zero-order valence-electron chi connectivity index (χ0n) is 29.2. The van der Waals surface area contributed by atoms with Crippen LogP contribution < -0.4 is 14.7 Å². The Hall–Kier alpha value is -5.55. The lowest BCUT2D eigenvalue weighted by molar-refractivity contribution is 0.949. The van der Waals surface area contributed by atoms with Crippen LogP contribution in [0, 0.1) is 6.85 Å². The molecule has 0 aliphatic carbocycles. The van der Waals surface area contributed by atoms with E-state index in [1.807, 2.05) is 88.3 Å². The molecular formula is C38H31N5. The molecule has 2 aromatic heterocycles. The van der Waals surface area contributed by atoms with E-state index in [1.54, 1.807) is 12.3 Å². The van der Waals surface area contributed by atoms with Crippen molar-refractivity contribution in [2.75, 3.05) is 28.3 Å². The van der Waals surface area contributed by atoms with Gasteiger partial charge in [0, 0.05) is 54.9 Å². The summed E-state index contributed by atoms with van der Waals surface area (Å²) in [5, 5.41) is 2.05. The number of pyridine rings is 1. The molecule has 0 amide bonds. The Balaban J connectivity index is 1.30. The monoisotopic (exact) mass is 563 g/mol. The maximum atomic E-state index is 8.17. The smallest absolute Gasteiger partial charge is 0.137 e. The van der Waals surface area contributed by atoms with Crippen LogP contribution >= 0.6 is 0 Å². The molecule has 43 heavy (non-hydrogen) atoms. The van der Waals surface area contributed by atoms with Crippen molar-refractivity contribution in [3.05, 3.63) is 145 Å². The van der Waals surface area contributed by atoms with Gasteiger partial charge in [0.1, 0.15) is 5.82 Å². The number of benzene rings is 5. The van der Waals surface area contributed by atoms with Gasteiger partial charge >= 0.3 is 0 Å². The molecule has 1 aliphatic heterocycles. The Morgan fingerprint density at radius 1 is 0.651 bits per heavy atom. The van der Waals surface area contributed by atoms with E-state index in [0.29, 0.717) is 11.5 Å². The first-order valence-corrected chi connectivity index (χ1v) is 14.2. The largest absolute Gasteiger partial charge is 0.355 e. The van der Waals surface area contributed by atoms with Gasteiger partial charge in [-0.3, -0.25) is 4.57 Å². The molecule has 8 rings (SSSR count). The Kier molecular flexibility index (Phi) is 4.58. The summed E-state index contributed by atoms with van der Waals surface area (Å²) >= 11 is 0. The van der Waals surface area contributed by atoms with Gasteiger partial charge in [-0.2, -0.15) is 0 Å². The van der Waals surface area contributed by atoms with Crippen LogP contribution in [0.15, 0.2) is 140 Å². The average molecular weight is 564 g/mol. The number of aromatic nitrogens is 2. The zero-order chi connectivity index (χ0) is 33.9. The van der Waals surface area contributed by atoms with Crippen LogP contribution in [-0.4, -0.2) is 23.2 Å². The number of rotatable bonds is 5. The van der Waals surface area contributed by atoms with Crippen molar-refractivity contribution in [1.29, 1.82) is 0 Å². The molecule has 0 saturated heterocycles. The molecule has 0 spiro atoms. The fourth-order valence-corrected chi connectivity index (χ4v) is 6.14. The van der Waals surface area contributed by atoms with Crippen molar-refractivity contribution in [3.63, 3.8) is 0 Å². The van der Waals surface area contributed by atoms with Gasteiger partial charge < -0.3 is 14.7 Å². The van der Waals surface area contributed by atoms with E-state index in [2.05, 4.69) is 52.3 Å². The lowest BCUT2D eigenvalue weighted by Crippen LogP contribution is -2.24. The van der Waals surface area contributed by atoms with Crippen LogP contribution in [0.4, 0.5) is 34.1 Å². The minimum Gasteiger partial charge on any atom is -0.355 e. The summed E-state index contributed by atoms with van der Waals surface area (Å²) in [6, 6.07) is 43.3. The second-order valence-electron chi connectivity index (χ2n) is 10.6. The molecule has 5 heteroatoms. The van der Waals surface area contributed by atoms with Gasteiger partial charge in [-0.15, -0.1) is 0 Å². The van der Waals surface area contributed by atoms with Crippen molar-refractivity contribution in [2.45, 2.75) is 6.85 Å². The molecule has 7 aromatic rings. The Bertz CT molecular complexity index is 2330. The summed E-state index contributed by atoms with van der Waals surface area (Å²) in [5.41, 5.74) is 7.10. The zero-order valence-corrected chi connectivity index (χ0v) is 23.2. The number of anilines is 6. The standard InChI is InChI=1S/C38H31N5/c1-27-21-22-39-38(23-27)43-34-16-7-6-15-32(34)33-20-19-31(25-37(33)43)42(28-11-4-3-5-12-28)30-14-10-13-29(24-30)41-26-40(2)35-17-8-9-18-36(35)41/h3-25H,26H2,1-2H3/i1D3,2D3. The highest BCUT2D eigenvalue weighted by atomic mass is 15.4. The molecule has 5 nitrogen and oxygen atoms in total. The lowest BCUT2D eigenvalue weighted by Gasteiger charge is -2.27. The quantitative estimate of drug-likeness (QED) is 0.208. The number of hydrogen-bond acceptors (Lipinski definition) is 4. The first-order valence-electron chi connectivity index (χ1n) is 17.2. The minimum atomic E-state index is -2.29. The van der Waals surface area contributed by atoms with Crippen LogP contribution in [0.3, 0.4) is 0 Å². The average Bonchev–Trinajstić information content (AvgIpc) is 3.65. The number of aryl methyl sites for hydroxylation is 1. The van der Waals surface area contributed by atoms with Crippen LogP contribution in [0.25, 0.3) is 27.6 Å². The van der Waals surface area contributed by atoms with Gasteiger partial charge in [-0.05, 0) is 85.2 Å². The normalized spacial score (nSPS) is 15.3. The van der Waals surface area contributed by atoms with Crippen LogP contribution in [0.2, 0.25) is 0 Å². The number of nitrogens with zero attached hydrogens (tertiary/aromatic N) is 5. The molecule has 1 aliphatic rings. The number of fused-ring (bicyclic) bond motifs is 4. The highest BCUT2D eigenvalue weighted by molar-refractivity contribution is 6.10. The number of hydrogen-bond donors (Lipinski definition) is 0. The van der Waals surface area contributed by atoms with E-state index in [4.69, 9.17) is 8.22 Å². The molecule has 0 unspecified atom stereocenters. The lowest BCUT2D eigenvalue weighted by atomic mass is 10.1. The summed E-state index contributed by atoms with van der Waals surface area (Å²) in [7, 11) is 0. The molecule has 3 heterocycles. The summed E-state index contributed by atoms with van der Waals surface area (Å²) in [6.45, 7) is -4.36. The third-order valence-electron chi connectivity index (χ3n) is 8.05. The van der Waals surface area contributed by atoms with Crippen molar-refractivity contribution in [3.8, 4) is 5.82 Å². The summed E-state index contributed by atoms with van der Waals surface area (Å²) in [5.74, 6) is 0.525. The first-order chi connectivity index (χ1) is 23.6. The topological polar surface area (TPSA) is 27.5 Å². The third-order valence-corrected chi connectivity index (χ3v) is 8.05. The van der Waals surface area contributed by atoms with E-state index in [0.717, 1.165) is 50.2 Å². The minimum absolute atomic E-state index is 0.193. The number of para-hydroxylation sites is 4. The van der Waals surface area contributed by atoms with Crippen molar-refractivity contribution in [2.24, 2.45) is 0 Å². The van der Waals surface area contributed by atoms with Gasteiger partial charge in [0.15, 0.2) is 0 Å². The van der Waals surface area contributed by atoms with E-state index in [9.17, 15) is 0 Å². The molecule has 0 saturated carbocycles. The van der Waals surface area contributed by atoms with Crippen molar-refractivity contribution in [1.82, 2.24) is 9.55 Å². The third kappa shape index (κ3) is 4.20. The van der Waals surface area contributed by atoms with Crippen LogP contribution in [-0.2, 0) is 0 Å². The van der Waals surface area contributed by atoms with Gasteiger partial charge in [-0.25, -0.2) is 4.98 Å². The van der Waals surface area contributed by atoms with E-state index in [1.165, 1.54) is 11.0 Å². The van der Waals surface area contributed by atoms with Crippen LogP contribution in [0.5, 0.6) is 0 Å². The van der Waals surface area contributed by atoms with E-state index < -0.39 is 13.8 Å². The predicted molar refractivity (Wildman–Crippen MR) is 180 cm³/mol. The fraction of sp³-hybridized carbons (Fsp3) is 0.0789. The second kappa shape index (κ2) is 10.1. The van der Waals surface area contributed by atoms with Gasteiger partial charge in [0.2, 0.25) is 0 Å². The molecule has 0 atom stereocenters. The molecule has 0 radical (unpaired) electrons. The van der Waals surface area contributed by atoms with Crippen molar-refractivity contribution < 1.29 is 8.22 Å². The molecule has 0 N–H and O–H groups in total. The van der Waals surface area contributed by atoms with Gasteiger partial charge in [-0.1, -0.05) is 60.7 Å². The maximum absolute atomic E-state index is 8.17. The SMILES string of the molecule is [2H]C([2H])([2H])c1ccnc(-n2c3ccccc3c3ccc(N(c4ccccc4)c4cccc(N5CN(C([2H])([2H])[2H])c6ccccc65)c4)cc32)c1. The Morgan fingerprint density at radius 3 is 2.30 bits per heavy atom. The van der Waals surface area contributed by atoms with Crippen LogP contribution in [0.1, 0.15) is 13.8 Å². The first kappa shape index (κ1) is 19.5. The Morgan fingerprint density at radius 2 is 1.42 bits per heavy atom. The molecule has 0 fully saturated rings. The van der Waals surface area contributed by atoms with Gasteiger partial charge in [0.05, 0.1) is 29.1 Å². The van der Waals surface area contributed by atoms with Gasteiger partial charge in [0.25, 0.3) is 0 Å². The Labute approximate surface area is 259 Å². The molecule has 208 valence electrons. The second-order valence-corrected chi connectivity index (χ2v) is 10.6. The summed E-state index contributed by atoms with van der Waals surface area (Å²) < 4.78 is 50.6. The molecule has 5 aromatic carbocycles. The molecule has 0 bridgehead atoms. The predicted octanol–water partition coefficient (Wildman–Crippen LogP) is 9.50. The highest BCUT2D eigenvalue weighted by Gasteiger charge is 2.25. The van der Waals surface area contributed by atoms with E-state index in [-0.39, 0.29) is 12.2 Å². The van der Waals surface area contributed by atoms with Crippen molar-refractivity contribution >= 4 is 55.9 Å². The fourth-order valence-electron chi connectivity index (χ4n) is 6.14. The highest BCUT2D eigenvalue weighted by Crippen LogP contribution is 2.43.